The van der Waals surface area contributed by atoms with Crippen molar-refractivity contribution in [2.24, 2.45) is 5.73 Å². The number of benzene rings is 1. The van der Waals surface area contributed by atoms with Crippen LogP contribution in [-0.2, 0) is 26.3 Å². The molecule has 8 heteroatoms. The number of para-hydroxylation sites is 1. The summed E-state index contributed by atoms with van der Waals surface area (Å²) in [7, 11) is 1.19. The van der Waals surface area contributed by atoms with Crippen LogP contribution in [0.4, 0.5) is 5.69 Å². The maximum Gasteiger partial charge on any atom is 0.340 e. The summed E-state index contributed by atoms with van der Waals surface area (Å²) in [5.74, 6) is -1.43. The molecular formula is C23H23N3O5. The van der Waals surface area contributed by atoms with Crippen LogP contribution in [0.1, 0.15) is 23.7 Å². The van der Waals surface area contributed by atoms with Crippen molar-refractivity contribution in [1.29, 1.82) is 0 Å². The minimum absolute atomic E-state index is 0.0542. The first-order chi connectivity index (χ1) is 14.8. The maximum atomic E-state index is 14.1. The van der Waals surface area contributed by atoms with Gasteiger partial charge in [0.2, 0.25) is 11.8 Å². The zero-order chi connectivity index (χ0) is 22.5. The highest BCUT2D eigenvalue weighted by Gasteiger charge is 2.62. The molecule has 2 aliphatic rings. The third kappa shape index (κ3) is 2.51. The predicted octanol–water partition coefficient (Wildman–Crippen LogP) is 1.73. The van der Waals surface area contributed by atoms with Gasteiger partial charge in [-0.2, -0.15) is 0 Å². The number of nitrogens with zero attached hydrogens (tertiary/aromatic N) is 2. The Morgan fingerprint density at radius 2 is 2.03 bits per heavy atom. The average Bonchev–Trinajstić information content (AvgIpc) is 2.97. The lowest BCUT2D eigenvalue weighted by molar-refractivity contribution is -0.138. The number of hydrogen-bond donors (Lipinski definition) is 1. The van der Waals surface area contributed by atoms with E-state index in [1.54, 1.807) is 43.3 Å². The second kappa shape index (κ2) is 7.16. The summed E-state index contributed by atoms with van der Waals surface area (Å²) in [6.45, 7) is 7.91. The molecule has 4 rings (SSSR count). The van der Waals surface area contributed by atoms with Crippen molar-refractivity contribution < 1.29 is 19.1 Å². The molecule has 2 aliphatic heterocycles. The van der Waals surface area contributed by atoms with Crippen molar-refractivity contribution in [3.05, 3.63) is 81.6 Å². The summed E-state index contributed by atoms with van der Waals surface area (Å²) < 4.78 is 12.2. The Bertz CT molecular complexity index is 1230. The van der Waals surface area contributed by atoms with E-state index in [1.807, 2.05) is 6.92 Å². The van der Waals surface area contributed by atoms with Crippen LogP contribution in [-0.4, -0.2) is 30.1 Å². The number of pyridine rings is 1. The minimum Gasteiger partial charge on any atom is -0.465 e. The third-order valence-electron chi connectivity index (χ3n) is 5.87. The molecule has 1 aromatic heterocycles. The van der Waals surface area contributed by atoms with Crippen LogP contribution < -0.4 is 20.9 Å². The van der Waals surface area contributed by atoms with E-state index in [4.69, 9.17) is 15.2 Å². The molecule has 0 aliphatic carbocycles. The molecule has 2 N–H and O–H groups in total. The molecule has 2 aromatic rings. The molecule has 0 saturated carbocycles. The first kappa shape index (κ1) is 20.5. The molecule has 0 bridgehead atoms. The Morgan fingerprint density at radius 3 is 2.68 bits per heavy atom. The Labute approximate surface area is 179 Å². The van der Waals surface area contributed by atoms with Gasteiger partial charge in [-0.05, 0) is 19.9 Å². The van der Waals surface area contributed by atoms with Crippen molar-refractivity contribution >= 4 is 17.6 Å². The van der Waals surface area contributed by atoms with Crippen molar-refractivity contribution in [3.8, 4) is 5.75 Å². The summed E-state index contributed by atoms with van der Waals surface area (Å²) in [6, 6.07) is 8.67. The van der Waals surface area contributed by atoms with E-state index in [0.717, 1.165) is 0 Å². The van der Waals surface area contributed by atoms with Crippen LogP contribution >= 0.6 is 0 Å². The molecule has 1 atom stereocenters. The minimum atomic E-state index is -1.79. The first-order valence-corrected chi connectivity index (χ1v) is 9.88. The number of aryl methyl sites for hydroxylation is 1. The molecule has 1 unspecified atom stereocenters. The van der Waals surface area contributed by atoms with Gasteiger partial charge >= 0.3 is 5.97 Å². The number of anilines is 1. The Morgan fingerprint density at radius 1 is 1.32 bits per heavy atom. The molecule has 0 saturated heterocycles. The van der Waals surface area contributed by atoms with Crippen molar-refractivity contribution in [3.63, 3.8) is 0 Å². The van der Waals surface area contributed by atoms with Crippen molar-refractivity contribution in [1.82, 2.24) is 4.57 Å². The fourth-order valence-corrected chi connectivity index (χ4v) is 4.64. The number of carbonyl (C=O) groups is 2. The van der Waals surface area contributed by atoms with E-state index in [1.165, 1.54) is 16.6 Å². The largest absolute Gasteiger partial charge is 0.465 e. The van der Waals surface area contributed by atoms with E-state index < -0.39 is 22.9 Å². The third-order valence-corrected chi connectivity index (χ3v) is 5.87. The van der Waals surface area contributed by atoms with Gasteiger partial charge in [-0.3, -0.25) is 9.59 Å². The smallest absolute Gasteiger partial charge is 0.340 e. The number of ether oxygens (including phenoxy) is 2. The summed E-state index contributed by atoms with van der Waals surface area (Å²) in [6.07, 6.45) is 1.58. The highest BCUT2D eigenvalue weighted by molar-refractivity contribution is 6.18. The number of nitrogens with two attached hydrogens (primary N) is 1. The zero-order valence-corrected chi connectivity index (χ0v) is 17.6. The molecule has 1 aromatic carbocycles. The van der Waals surface area contributed by atoms with E-state index in [9.17, 15) is 14.4 Å². The number of hydrogen-bond acceptors (Lipinski definition) is 6. The fourth-order valence-electron chi connectivity index (χ4n) is 4.64. The number of esters is 1. The molecule has 31 heavy (non-hydrogen) atoms. The summed E-state index contributed by atoms with van der Waals surface area (Å²) in [4.78, 5) is 42.2. The maximum absolute atomic E-state index is 14.1. The van der Waals surface area contributed by atoms with Crippen LogP contribution in [0.2, 0.25) is 0 Å². The lowest BCUT2D eigenvalue weighted by Crippen LogP contribution is -2.52. The van der Waals surface area contributed by atoms with Gasteiger partial charge in [0, 0.05) is 36.1 Å². The second-order valence-corrected chi connectivity index (χ2v) is 7.38. The van der Waals surface area contributed by atoms with E-state index in [-0.39, 0.29) is 29.3 Å². The van der Waals surface area contributed by atoms with E-state index in [0.29, 0.717) is 23.5 Å². The van der Waals surface area contributed by atoms with Gasteiger partial charge in [0.15, 0.2) is 0 Å². The highest BCUT2D eigenvalue weighted by atomic mass is 16.5. The average molecular weight is 421 g/mol. The normalized spacial score (nSPS) is 19.2. The number of carbonyl (C=O) groups excluding carboxylic acids is 2. The van der Waals surface area contributed by atoms with Crippen LogP contribution in [0.5, 0.6) is 5.75 Å². The van der Waals surface area contributed by atoms with Crippen LogP contribution in [0.25, 0.3) is 0 Å². The van der Waals surface area contributed by atoms with Crippen LogP contribution in [0.3, 0.4) is 0 Å². The number of amides is 1. The molecular weight excluding hydrogens is 398 g/mol. The fraction of sp³-hybridized carbons (Fsp3) is 0.261. The molecule has 3 heterocycles. The number of aromatic nitrogens is 1. The highest BCUT2D eigenvalue weighted by Crippen LogP contribution is 2.54. The van der Waals surface area contributed by atoms with Gasteiger partial charge in [0.1, 0.15) is 16.7 Å². The van der Waals surface area contributed by atoms with Gasteiger partial charge in [-0.15, -0.1) is 6.58 Å². The quantitative estimate of drug-likeness (QED) is 0.596. The first-order valence-electron chi connectivity index (χ1n) is 9.88. The standard InChI is InChI=1S/C23H23N3O5/c1-5-11-26-15-10-8-7-9-14(15)23(22(26)29)17-16(12-13(3)25(6-2)20(17)27)31-19(24)18(23)21(28)30-4/h5,7-10,12H,1,6,11,24H2,2-4H3. The Hall–Kier alpha value is -3.81. The Kier molecular flexibility index (Phi) is 4.72. The van der Waals surface area contributed by atoms with Gasteiger partial charge < -0.3 is 24.7 Å². The van der Waals surface area contributed by atoms with Crippen molar-refractivity contribution in [2.45, 2.75) is 25.8 Å². The summed E-state index contributed by atoms with van der Waals surface area (Å²) in [5, 5.41) is 0. The molecule has 1 amide bonds. The molecule has 8 nitrogen and oxygen atoms in total. The van der Waals surface area contributed by atoms with E-state index in [2.05, 4.69) is 6.58 Å². The van der Waals surface area contributed by atoms with Gasteiger partial charge in [-0.25, -0.2) is 4.79 Å². The van der Waals surface area contributed by atoms with E-state index >= 15 is 0 Å². The van der Waals surface area contributed by atoms with Crippen LogP contribution in [0.15, 0.2) is 59.2 Å². The lowest BCUT2D eigenvalue weighted by Gasteiger charge is -2.35. The number of fused-ring (bicyclic) bond motifs is 4. The summed E-state index contributed by atoms with van der Waals surface area (Å²) >= 11 is 0. The lowest BCUT2D eigenvalue weighted by atomic mass is 9.68. The topological polar surface area (TPSA) is 104 Å². The SMILES string of the molecule is C=CCN1C(=O)C2(C(C(=O)OC)=C(N)Oc3cc(C)n(CC)c(=O)c32)c2ccccc21. The van der Waals surface area contributed by atoms with Crippen LogP contribution in [0, 0.1) is 6.92 Å². The van der Waals surface area contributed by atoms with Gasteiger partial charge in [-0.1, -0.05) is 24.3 Å². The zero-order valence-electron chi connectivity index (χ0n) is 17.6. The van der Waals surface area contributed by atoms with Gasteiger partial charge in [0.25, 0.3) is 5.56 Å². The van der Waals surface area contributed by atoms with Crippen molar-refractivity contribution in [2.75, 3.05) is 18.6 Å². The monoisotopic (exact) mass is 421 g/mol. The molecule has 0 fully saturated rings. The Balaban J connectivity index is 2.22. The molecule has 0 radical (unpaired) electrons. The van der Waals surface area contributed by atoms with Gasteiger partial charge in [0.05, 0.1) is 12.7 Å². The molecule has 160 valence electrons. The molecule has 1 spiro atoms. The summed E-state index contributed by atoms with van der Waals surface area (Å²) in [5.41, 5.74) is 5.53. The second-order valence-electron chi connectivity index (χ2n) is 7.38. The predicted molar refractivity (Wildman–Crippen MR) is 115 cm³/mol. The number of rotatable bonds is 4. The number of methoxy groups -OCH3 is 1.